The van der Waals surface area contributed by atoms with Crippen molar-refractivity contribution in [1.82, 2.24) is 10.2 Å². The van der Waals surface area contributed by atoms with Gasteiger partial charge in [0.15, 0.2) is 0 Å². The van der Waals surface area contributed by atoms with Gasteiger partial charge < -0.3 is 10.2 Å². The number of hydrogen-bond acceptors (Lipinski definition) is 2. The summed E-state index contributed by atoms with van der Waals surface area (Å²) in [5.74, 6) is -3.10. The third kappa shape index (κ3) is 2.45. The fourth-order valence-corrected chi connectivity index (χ4v) is 2.16. The lowest BCUT2D eigenvalue weighted by Gasteiger charge is -2.36. The van der Waals surface area contributed by atoms with Crippen LogP contribution in [-0.2, 0) is 4.79 Å². The molecule has 5 heteroatoms. The van der Waals surface area contributed by atoms with Crippen molar-refractivity contribution in [3.05, 3.63) is 0 Å². The molecule has 1 aliphatic carbocycles. The Balaban J connectivity index is 1.85. The van der Waals surface area contributed by atoms with Crippen molar-refractivity contribution in [2.75, 3.05) is 26.2 Å². The molecule has 2 aliphatic rings. The van der Waals surface area contributed by atoms with Crippen LogP contribution in [0.4, 0.5) is 8.78 Å². The molecule has 15 heavy (non-hydrogen) atoms. The second-order valence-electron chi connectivity index (χ2n) is 4.39. The lowest BCUT2D eigenvalue weighted by atomic mass is 9.80. The Morgan fingerprint density at radius 2 is 2.00 bits per heavy atom. The van der Waals surface area contributed by atoms with E-state index in [1.165, 1.54) is 0 Å². The maximum Gasteiger partial charge on any atom is 0.249 e. The number of halogens is 2. The summed E-state index contributed by atoms with van der Waals surface area (Å²) < 4.78 is 25.2. The lowest BCUT2D eigenvalue weighted by Crippen LogP contribution is -2.47. The Morgan fingerprint density at radius 3 is 2.67 bits per heavy atom. The van der Waals surface area contributed by atoms with Gasteiger partial charge in [-0.15, -0.1) is 0 Å². The quantitative estimate of drug-likeness (QED) is 0.707. The normalized spacial score (nSPS) is 26.9. The van der Waals surface area contributed by atoms with Crippen molar-refractivity contribution in [2.45, 2.75) is 25.2 Å². The second-order valence-corrected chi connectivity index (χ2v) is 4.39. The van der Waals surface area contributed by atoms with Crippen LogP contribution in [-0.4, -0.2) is 42.9 Å². The predicted molar refractivity (Wildman–Crippen MR) is 51.7 cm³/mol. The van der Waals surface area contributed by atoms with Crippen molar-refractivity contribution in [3.8, 4) is 0 Å². The van der Waals surface area contributed by atoms with Crippen LogP contribution >= 0.6 is 0 Å². The molecule has 2 fully saturated rings. The summed E-state index contributed by atoms with van der Waals surface area (Å²) in [6.45, 7) is 3.04. The van der Waals surface area contributed by atoms with E-state index in [9.17, 15) is 13.6 Å². The number of alkyl halides is 2. The molecule has 0 aromatic carbocycles. The van der Waals surface area contributed by atoms with Gasteiger partial charge in [0.25, 0.3) is 0 Å². The molecule has 1 saturated carbocycles. The first-order valence-corrected chi connectivity index (χ1v) is 5.46. The van der Waals surface area contributed by atoms with Gasteiger partial charge in [-0.1, -0.05) is 0 Å². The molecule has 3 nitrogen and oxygen atoms in total. The number of nitrogens with zero attached hydrogens (tertiary/aromatic N) is 1. The molecule has 1 aliphatic heterocycles. The number of amides is 1. The van der Waals surface area contributed by atoms with Crippen molar-refractivity contribution in [2.24, 2.45) is 5.92 Å². The molecule has 0 aromatic rings. The van der Waals surface area contributed by atoms with Gasteiger partial charge in [0.1, 0.15) is 0 Å². The average molecular weight is 218 g/mol. The van der Waals surface area contributed by atoms with E-state index in [1.807, 2.05) is 0 Å². The topological polar surface area (TPSA) is 32.3 Å². The van der Waals surface area contributed by atoms with E-state index in [2.05, 4.69) is 5.32 Å². The highest BCUT2D eigenvalue weighted by atomic mass is 19.3. The van der Waals surface area contributed by atoms with Crippen LogP contribution in [0.3, 0.4) is 0 Å². The van der Waals surface area contributed by atoms with Crippen LogP contribution in [0.1, 0.15) is 19.3 Å². The monoisotopic (exact) mass is 218 g/mol. The molecular formula is C10H16F2N2O. The van der Waals surface area contributed by atoms with E-state index in [0.717, 1.165) is 19.5 Å². The highest BCUT2D eigenvalue weighted by Gasteiger charge is 2.49. The smallest absolute Gasteiger partial charge is 0.249 e. The maximum absolute atomic E-state index is 12.6. The Bertz CT molecular complexity index is 242. The zero-order chi connectivity index (χ0) is 10.9. The zero-order valence-corrected chi connectivity index (χ0v) is 8.64. The summed E-state index contributed by atoms with van der Waals surface area (Å²) in [5.41, 5.74) is 0. The molecular weight excluding hydrogens is 202 g/mol. The van der Waals surface area contributed by atoms with E-state index in [4.69, 9.17) is 0 Å². The molecule has 0 radical (unpaired) electrons. The largest absolute Gasteiger partial charge is 0.341 e. The van der Waals surface area contributed by atoms with Crippen molar-refractivity contribution in [1.29, 1.82) is 0 Å². The fourth-order valence-electron chi connectivity index (χ4n) is 2.16. The van der Waals surface area contributed by atoms with Gasteiger partial charge in [0.05, 0.1) is 0 Å². The van der Waals surface area contributed by atoms with Gasteiger partial charge in [-0.3, -0.25) is 4.79 Å². The van der Waals surface area contributed by atoms with Crippen molar-refractivity contribution >= 4 is 5.91 Å². The molecule has 0 unspecified atom stereocenters. The highest BCUT2D eigenvalue weighted by molar-refractivity contribution is 5.80. The number of carbonyl (C=O) groups is 1. The number of rotatable bonds is 1. The van der Waals surface area contributed by atoms with Crippen LogP contribution in [0, 0.1) is 5.92 Å². The number of nitrogens with one attached hydrogen (secondary N) is 1. The van der Waals surface area contributed by atoms with Crippen LogP contribution < -0.4 is 5.32 Å². The number of hydrogen-bond donors (Lipinski definition) is 1. The van der Waals surface area contributed by atoms with Crippen LogP contribution in [0.2, 0.25) is 0 Å². The lowest BCUT2D eigenvalue weighted by molar-refractivity contribution is -0.159. The molecule has 2 rings (SSSR count). The van der Waals surface area contributed by atoms with Gasteiger partial charge in [0, 0.05) is 38.4 Å². The zero-order valence-electron chi connectivity index (χ0n) is 8.64. The van der Waals surface area contributed by atoms with Gasteiger partial charge in [0.2, 0.25) is 11.8 Å². The van der Waals surface area contributed by atoms with E-state index < -0.39 is 11.8 Å². The second kappa shape index (κ2) is 4.04. The van der Waals surface area contributed by atoms with Gasteiger partial charge in [-0.05, 0) is 13.0 Å². The maximum atomic E-state index is 12.6. The first-order chi connectivity index (χ1) is 7.08. The minimum absolute atomic E-state index is 0.0791. The molecule has 86 valence electrons. The minimum Gasteiger partial charge on any atom is -0.341 e. The SMILES string of the molecule is O=C(C1CC(F)(F)C1)N1CCCNCC1. The van der Waals surface area contributed by atoms with Gasteiger partial charge in [-0.2, -0.15) is 0 Å². The van der Waals surface area contributed by atoms with Gasteiger partial charge in [-0.25, -0.2) is 8.78 Å². The summed E-state index contributed by atoms with van der Waals surface area (Å²) in [4.78, 5) is 13.5. The molecule has 0 spiro atoms. The van der Waals surface area contributed by atoms with E-state index >= 15 is 0 Å². The Hall–Kier alpha value is -0.710. The fraction of sp³-hybridized carbons (Fsp3) is 0.900. The molecule has 1 saturated heterocycles. The summed E-state index contributed by atoms with van der Waals surface area (Å²) in [5, 5.41) is 3.18. The summed E-state index contributed by atoms with van der Waals surface area (Å²) in [7, 11) is 0. The third-order valence-corrected chi connectivity index (χ3v) is 3.09. The summed E-state index contributed by atoms with van der Waals surface area (Å²) >= 11 is 0. The molecule has 1 amide bonds. The summed E-state index contributed by atoms with van der Waals surface area (Å²) in [6.07, 6.45) is 0.403. The van der Waals surface area contributed by atoms with E-state index in [1.54, 1.807) is 4.90 Å². The third-order valence-electron chi connectivity index (χ3n) is 3.09. The number of carbonyl (C=O) groups excluding carboxylic acids is 1. The van der Waals surface area contributed by atoms with E-state index in [-0.39, 0.29) is 18.7 Å². The first-order valence-electron chi connectivity index (χ1n) is 5.46. The molecule has 0 bridgehead atoms. The Kier molecular flexibility index (Phi) is 2.91. The van der Waals surface area contributed by atoms with E-state index in [0.29, 0.717) is 13.1 Å². The van der Waals surface area contributed by atoms with Crippen molar-refractivity contribution < 1.29 is 13.6 Å². The molecule has 1 heterocycles. The Labute approximate surface area is 87.8 Å². The van der Waals surface area contributed by atoms with Crippen LogP contribution in [0.5, 0.6) is 0 Å². The first kappa shape index (κ1) is 10.8. The minimum atomic E-state index is -2.59. The summed E-state index contributed by atoms with van der Waals surface area (Å²) in [6, 6.07) is 0. The highest BCUT2D eigenvalue weighted by Crippen LogP contribution is 2.43. The molecule has 0 aromatic heterocycles. The standard InChI is InChI=1S/C10H16F2N2O/c11-10(12)6-8(7-10)9(15)14-4-1-2-13-3-5-14/h8,13H,1-7H2. The predicted octanol–water partition coefficient (Wildman–Crippen LogP) is 0.854. The van der Waals surface area contributed by atoms with Crippen LogP contribution in [0.25, 0.3) is 0 Å². The average Bonchev–Trinajstić information content (AvgIpc) is 2.40. The molecule has 1 N–H and O–H groups in total. The van der Waals surface area contributed by atoms with Crippen molar-refractivity contribution in [3.63, 3.8) is 0 Å². The van der Waals surface area contributed by atoms with Gasteiger partial charge >= 0.3 is 0 Å². The van der Waals surface area contributed by atoms with Crippen LogP contribution in [0.15, 0.2) is 0 Å². The Morgan fingerprint density at radius 1 is 1.27 bits per heavy atom. The molecule has 0 atom stereocenters.